The summed E-state index contributed by atoms with van der Waals surface area (Å²) in [4.78, 5) is 56.6. The molecule has 0 aromatic carbocycles. The van der Waals surface area contributed by atoms with E-state index in [0.717, 1.165) is 10.9 Å². The molecule has 0 spiro atoms. The minimum atomic E-state index is -5.52. The Labute approximate surface area is 195 Å². The molecule has 0 amide bonds. The maximum absolute atomic E-state index is 13.9. The molecule has 34 heavy (non-hydrogen) atoms. The Morgan fingerprint density at radius 1 is 1.32 bits per heavy atom. The van der Waals surface area contributed by atoms with Crippen LogP contribution < -0.4 is 11.3 Å². The van der Waals surface area contributed by atoms with Crippen LogP contribution in [-0.2, 0) is 27.0 Å². The second-order valence-corrected chi connectivity index (χ2v) is 13.7. The third-order valence-electron chi connectivity index (χ3n) is 4.29. The third kappa shape index (κ3) is 5.94. The van der Waals surface area contributed by atoms with Gasteiger partial charge in [0.1, 0.15) is 23.8 Å². The van der Waals surface area contributed by atoms with Crippen molar-refractivity contribution in [3.8, 4) is 0 Å². The molecule has 2 aromatic rings. The van der Waals surface area contributed by atoms with E-state index in [1.54, 1.807) is 0 Å². The number of phosphoric ester groups is 1. The van der Waals surface area contributed by atoms with E-state index in [-0.39, 0.29) is 17.1 Å². The molecule has 6 atom stereocenters. The van der Waals surface area contributed by atoms with Crippen LogP contribution in [0, 0.1) is 0 Å². The topological polar surface area (TPSA) is 262 Å². The first-order valence-electron chi connectivity index (χ1n) is 8.61. The molecule has 1 saturated heterocycles. The number of alkyl halides is 2. The van der Waals surface area contributed by atoms with Crippen molar-refractivity contribution in [2.75, 3.05) is 19.0 Å². The Morgan fingerprint density at radius 3 is 2.56 bits per heavy atom. The van der Waals surface area contributed by atoms with Gasteiger partial charge in [0.05, 0.1) is 12.9 Å². The number of hydrogen-bond acceptors (Lipinski definition) is 11. The van der Waals surface area contributed by atoms with Crippen molar-refractivity contribution >= 4 is 60.1 Å². The number of halogens is 2. The molecule has 23 heteroatoms. The van der Waals surface area contributed by atoms with E-state index in [2.05, 4.69) is 36.6 Å². The number of anilines is 1. The predicted molar refractivity (Wildman–Crippen MR) is 114 cm³/mol. The highest BCUT2D eigenvalue weighted by Gasteiger charge is 2.57. The summed E-state index contributed by atoms with van der Waals surface area (Å²) in [6.07, 6.45) is -4.11. The van der Waals surface area contributed by atoms with E-state index in [1.807, 2.05) is 0 Å². The Balaban J connectivity index is 1.82. The second-order valence-electron chi connectivity index (χ2n) is 6.75. The SMILES string of the molecule is Nc1nc2c(ncn2[C@@H]2O[C@H](COP(=O)(O)OP(=O)(O)OP(O)(O)=P)[C@H](O)C2(Cl)CF)c(=O)[nH]1. The van der Waals surface area contributed by atoms with Crippen LogP contribution in [0.1, 0.15) is 6.23 Å². The Morgan fingerprint density at radius 2 is 1.97 bits per heavy atom. The minimum absolute atomic E-state index is 0.178. The summed E-state index contributed by atoms with van der Waals surface area (Å²) in [5.41, 5.74) is 4.39. The summed E-state index contributed by atoms with van der Waals surface area (Å²) in [6, 6.07) is 0. The number of aliphatic hydroxyl groups is 1. The van der Waals surface area contributed by atoms with Crippen LogP contribution >= 0.6 is 43.0 Å². The highest BCUT2D eigenvalue weighted by molar-refractivity contribution is 7.91. The number of H-pyrrole nitrogens is 1. The molecule has 2 aromatic heterocycles. The van der Waals surface area contributed by atoms with Crippen LogP contribution in [0.5, 0.6) is 0 Å². The van der Waals surface area contributed by atoms with Gasteiger partial charge in [0.15, 0.2) is 17.4 Å². The Hall–Kier alpha value is -0.800. The number of hydrogen-bond donors (Lipinski definition) is 7. The number of phosphoric acid groups is 2. The molecule has 1 aliphatic heterocycles. The number of aromatic nitrogens is 4. The average Bonchev–Trinajstić information content (AvgIpc) is 3.17. The van der Waals surface area contributed by atoms with Gasteiger partial charge in [-0.3, -0.25) is 18.9 Å². The molecular formula is C11H17ClFN5O12P4. The summed E-state index contributed by atoms with van der Waals surface area (Å²) in [6.45, 7) is -2.46. The first kappa shape index (κ1) is 27.8. The van der Waals surface area contributed by atoms with Gasteiger partial charge in [0.25, 0.3) is 12.8 Å². The molecule has 17 nitrogen and oxygen atoms in total. The van der Waals surface area contributed by atoms with Crippen molar-refractivity contribution < 1.29 is 56.1 Å². The van der Waals surface area contributed by atoms with Gasteiger partial charge in [-0.15, -0.1) is 11.6 Å². The van der Waals surface area contributed by atoms with Crippen LogP contribution in [0.4, 0.5) is 10.3 Å². The van der Waals surface area contributed by atoms with Crippen molar-refractivity contribution in [2.24, 2.45) is 0 Å². The standard InChI is InChI=1S/C11H17ClFN5O12P4/c12-11(2-13)6(19)4(1-27-32(21,22)29-33(23,24)30-34(25,26)31)28-9(11)18-3-15-5-7(18)16-10(14)17-8(5)20/h3-4,6,9,19,25-26,31H,1-2H2,(H,21,22)(H,23,24)(H3,14,16,17,20)/t4-,6+,9-,11?/m1/s1. The lowest BCUT2D eigenvalue weighted by Gasteiger charge is -2.27. The van der Waals surface area contributed by atoms with Crippen LogP contribution in [0.15, 0.2) is 11.1 Å². The predicted octanol–water partition coefficient (Wildman–Crippen LogP) is -0.0372. The van der Waals surface area contributed by atoms with Gasteiger partial charge in [0.2, 0.25) is 5.95 Å². The number of imidazole rings is 1. The lowest BCUT2D eigenvalue weighted by atomic mass is 10.0. The first-order valence-corrected chi connectivity index (χ1v) is 14.9. The fourth-order valence-corrected chi connectivity index (χ4v) is 7.31. The number of nitrogens with one attached hydrogen (secondary N) is 1. The van der Waals surface area contributed by atoms with E-state index in [4.69, 9.17) is 31.9 Å². The van der Waals surface area contributed by atoms with E-state index in [9.17, 15) is 33.2 Å². The van der Waals surface area contributed by atoms with Gasteiger partial charge in [-0.25, -0.2) is 22.8 Å². The normalized spacial score (nSPS) is 29.2. The number of nitrogens with two attached hydrogens (primary N) is 1. The van der Waals surface area contributed by atoms with Crippen molar-refractivity contribution in [3.05, 3.63) is 16.7 Å². The maximum Gasteiger partial charge on any atom is 0.488 e. The maximum atomic E-state index is 13.9. The molecule has 0 aliphatic carbocycles. The molecule has 0 saturated carbocycles. The molecule has 0 bridgehead atoms. The molecule has 1 aliphatic rings. The van der Waals surface area contributed by atoms with Gasteiger partial charge in [-0.05, 0) is 8.53 Å². The number of ether oxygens (including phenoxy) is 1. The summed E-state index contributed by atoms with van der Waals surface area (Å²) in [7, 11) is -13.3. The van der Waals surface area contributed by atoms with Crippen molar-refractivity contribution in [3.63, 3.8) is 0 Å². The fourth-order valence-electron chi connectivity index (χ4n) is 2.98. The number of aliphatic hydroxyl groups excluding tert-OH is 1. The number of nitrogen functional groups attached to an aromatic ring is 1. The quantitative estimate of drug-likeness (QED) is 0.149. The van der Waals surface area contributed by atoms with Gasteiger partial charge in [-0.1, -0.05) is 0 Å². The molecule has 3 heterocycles. The first-order chi connectivity index (χ1) is 15.5. The smallest absolute Gasteiger partial charge is 0.388 e. The van der Waals surface area contributed by atoms with E-state index >= 15 is 0 Å². The van der Waals surface area contributed by atoms with Crippen LogP contribution in [0.3, 0.4) is 0 Å². The molecule has 3 unspecified atom stereocenters. The van der Waals surface area contributed by atoms with Gasteiger partial charge in [0, 0.05) is 0 Å². The molecule has 192 valence electrons. The monoisotopic (exact) mass is 589 g/mol. The van der Waals surface area contributed by atoms with Crippen LogP contribution in [-0.4, -0.2) is 74.6 Å². The summed E-state index contributed by atoms with van der Waals surface area (Å²) in [5, 5.41) is 10.5. The van der Waals surface area contributed by atoms with Crippen molar-refractivity contribution in [1.29, 1.82) is 0 Å². The Kier molecular flexibility index (Phi) is 7.83. The van der Waals surface area contributed by atoms with Crippen LogP contribution in [0.2, 0.25) is 0 Å². The fraction of sp³-hybridized carbons (Fsp3) is 0.545. The summed E-state index contributed by atoms with van der Waals surface area (Å²) < 4.78 is 56.2. The second kappa shape index (κ2) is 9.58. The van der Waals surface area contributed by atoms with Crippen LogP contribution in [0.25, 0.3) is 11.2 Å². The van der Waals surface area contributed by atoms with E-state index in [1.165, 1.54) is 0 Å². The number of nitrogens with zero attached hydrogens (tertiary/aromatic N) is 3. The zero-order valence-corrected chi connectivity index (χ0v) is 20.8. The average molecular weight is 590 g/mol. The van der Waals surface area contributed by atoms with Crippen molar-refractivity contribution in [2.45, 2.75) is 23.3 Å². The van der Waals surface area contributed by atoms with Gasteiger partial charge in [-0.2, -0.15) is 9.29 Å². The largest absolute Gasteiger partial charge is 0.488 e. The van der Waals surface area contributed by atoms with Gasteiger partial charge >= 0.3 is 15.6 Å². The molecule has 0 radical (unpaired) electrons. The summed E-state index contributed by atoms with van der Waals surface area (Å²) >= 11 is 6.24. The summed E-state index contributed by atoms with van der Waals surface area (Å²) in [5.74, 6) is -0.312. The zero-order chi connectivity index (χ0) is 25.7. The molecule has 1 fully saturated rings. The highest BCUT2D eigenvalue weighted by atomic mass is 35.5. The third-order valence-corrected chi connectivity index (χ3v) is 9.40. The number of rotatable bonds is 9. The van der Waals surface area contributed by atoms with E-state index in [0.29, 0.717) is 0 Å². The lowest BCUT2D eigenvalue weighted by Crippen LogP contribution is -2.44. The number of fused-ring (bicyclic) bond motifs is 1. The molecule has 3 rings (SSSR count). The number of aromatic amines is 1. The Bertz CT molecular complexity index is 1290. The minimum Gasteiger partial charge on any atom is -0.388 e. The van der Waals surface area contributed by atoms with E-state index < -0.39 is 65.0 Å². The lowest BCUT2D eigenvalue weighted by molar-refractivity contribution is -0.0438. The highest BCUT2D eigenvalue weighted by Crippen LogP contribution is 2.67. The zero-order valence-electron chi connectivity index (χ0n) is 16.3. The molecule has 8 N–H and O–H groups in total. The van der Waals surface area contributed by atoms with Crippen molar-refractivity contribution in [1.82, 2.24) is 19.5 Å². The van der Waals surface area contributed by atoms with Gasteiger partial charge < -0.3 is 35.2 Å². The molecular weight excluding hydrogens is 572 g/mol.